The summed E-state index contributed by atoms with van der Waals surface area (Å²) in [7, 11) is 0. The van der Waals surface area contributed by atoms with Crippen molar-refractivity contribution in [2.45, 2.75) is 19.5 Å². The molecule has 0 fully saturated rings. The van der Waals surface area contributed by atoms with Gasteiger partial charge in [0.2, 0.25) is 0 Å². The van der Waals surface area contributed by atoms with Crippen LogP contribution in [0.3, 0.4) is 0 Å². The van der Waals surface area contributed by atoms with Crippen LogP contribution in [0.15, 0.2) is 35.7 Å². The summed E-state index contributed by atoms with van der Waals surface area (Å²) in [6.07, 6.45) is 0. The fourth-order valence-electron chi connectivity index (χ4n) is 1.59. The molecule has 0 saturated heterocycles. The molecule has 0 saturated carbocycles. The van der Waals surface area contributed by atoms with Crippen LogP contribution in [0.1, 0.15) is 23.4 Å². The number of hydrogen-bond donors (Lipinski definition) is 1. The number of nitrogens with one attached hydrogen (secondary N) is 1. The van der Waals surface area contributed by atoms with Gasteiger partial charge in [-0.05, 0) is 30.0 Å². The largest absolute Gasteiger partial charge is 0.305 e. The van der Waals surface area contributed by atoms with Crippen LogP contribution in [0.4, 0.5) is 4.39 Å². The smallest absolute Gasteiger partial charge is 0.142 e. The molecule has 4 heteroatoms. The molecule has 1 aromatic heterocycles. The fourth-order valence-corrected chi connectivity index (χ4v) is 2.54. The topological polar surface area (TPSA) is 12.0 Å². The van der Waals surface area contributed by atoms with Crippen molar-refractivity contribution in [3.05, 3.63) is 57.0 Å². The Kier molecular flexibility index (Phi) is 4.15. The van der Waals surface area contributed by atoms with Gasteiger partial charge < -0.3 is 5.32 Å². The van der Waals surface area contributed by atoms with Crippen LogP contribution < -0.4 is 5.32 Å². The molecule has 90 valence electrons. The molecule has 0 spiro atoms. The Morgan fingerprint density at radius 1 is 1.35 bits per heavy atom. The minimum atomic E-state index is -0.366. The maximum Gasteiger partial charge on any atom is 0.142 e. The van der Waals surface area contributed by atoms with Crippen molar-refractivity contribution in [3.8, 4) is 0 Å². The SMILES string of the molecule is CC(NCc1cccc(F)c1Cl)c1cccs1. The summed E-state index contributed by atoms with van der Waals surface area (Å²) in [5, 5.41) is 5.58. The van der Waals surface area contributed by atoms with Crippen LogP contribution in [0.25, 0.3) is 0 Å². The summed E-state index contributed by atoms with van der Waals surface area (Å²) in [5.74, 6) is -0.366. The standard InChI is InChI=1S/C13H13ClFNS/c1-9(12-6-3-7-17-12)16-8-10-4-2-5-11(15)13(10)14/h2-7,9,16H,8H2,1H3. The summed E-state index contributed by atoms with van der Waals surface area (Å²) in [5.41, 5.74) is 0.787. The second-order valence-electron chi connectivity index (χ2n) is 3.83. The zero-order chi connectivity index (χ0) is 12.3. The lowest BCUT2D eigenvalue weighted by Gasteiger charge is -2.13. The molecular formula is C13H13ClFNS. The quantitative estimate of drug-likeness (QED) is 0.868. The number of thiophene rings is 1. The molecule has 1 atom stereocenters. The average molecular weight is 270 g/mol. The van der Waals surface area contributed by atoms with Gasteiger partial charge in [0.25, 0.3) is 0 Å². The summed E-state index contributed by atoms with van der Waals surface area (Å²) < 4.78 is 13.2. The molecule has 0 radical (unpaired) electrons. The van der Waals surface area contributed by atoms with Crippen LogP contribution in [-0.4, -0.2) is 0 Å². The van der Waals surface area contributed by atoms with E-state index in [4.69, 9.17) is 11.6 Å². The third-order valence-corrected chi connectivity index (χ3v) is 4.08. The highest BCUT2D eigenvalue weighted by Crippen LogP contribution is 2.22. The second kappa shape index (κ2) is 5.63. The van der Waals surface area contributed by atoms with Gasteiger partial charge in [-0.3, -0.25) is 0 Å². The van der Waals surface area contributed by atoms with E-state index in [2.05, 4.69) is 18.3 Å². The first-order valence-corrected chi connectivity index (χ1v) is 6.64. The molecule has 1 heterocycles. The normalized spacial score (nSPS) is 12.6. The van der Waals surface area contributed by atoms with E-state index in [0.29, 0.717) is 6.54 Å². The van der Waals surface area contributed by atoms with Crippen molar-refractivity contribution in [1.29, 1.82) is 0 Å². The van der Waals surface area contributed by atoms with Crippen LogP contribution in [0.2, 0.25) is 5.02 Å². The molecule has 1 aromatic carbocycles. The van der Waals surface area contributed by atoms with E-state index in [1.54, 1.807) is 17.4 Å². The minimum absolute atomic E-state index is 0.207. The first-order chi connectivity index (χ1) is 8.18. The molecule has 0 aliphatic carbocycles. The lowest BCUT2D eigenvalue weighted by molar-refractivity contribution is 0.576. The number of benzene rings is 1. The maximum atomic E-state index is 13.2. The second-order valence-corrected chi connectivity index (χ2v) is 5.19. The maximum absolute atomic E-state index is 13.2. The highest BCUT2D eigenvalue weighted by molar-refractivity contribution is 7.10. The van der Waals surface area contributed by atoms with Gasteiger partial charge in [-0.25, -0.2) is 4.39 Å². The number of halogens is 2. The predicted octanol–water partition coefficient (Wildman–Crippen LogP) is 4.39. The van der Waals surface area contributed by atoms with Gasteiger partial charge in [0, 0.05) is 17.5 Å². The fraction of sp³-hybridized carbons (Fsp3) is 0.231. The molecule has 0 amide bonds. The molecule has 2 aromatic rings. The van der Waals surface area contributed by atoms with Gasteiger partial charge in [-0.2, -0.15) is 0 Å². The van der Waals surface area contributed by atoms with Gasteiger partial charge in [-0.1, -0.05) is 29.8 Å². The van der Waals surface area contributed by atoms with E-state index < -0.39 is 0 Å². The van der Waals surface area contributed by atoms with Gasteiger partial charge in [0.15, 0.2) is 0 Å². The molecule has 1 unspecified atom stereocenters. The molecule has 0 bridgehead atoms. The number of rotatable bonds is 4. The summed E-state index contributed by atoms with van der Waals surface area (Å²) in [6.45, 7) is 2.65. The highest BCUT2D eigenvalue weighted by Gasteiger charge is 2.09. The monoisotopic (exact) mass is 269 g/mol. The first-order valence-electron chi connectivity index (χ1n) is 5.38. The molecular weight excluding hydrogens is 257 g/mol. The van der Waals surface area contributed by atoms with Crippen molar-refractivity contribution in [3.63, 3.8) is 0 Å². The third-order valence-electron chi connectivity index (χ3n) is 2.60. The van der Waals surface area contributed by atoms with Crippen molar-refractivity contribution in [2.24, 2.45) is 0 Å². The minimum Gasteiger partial charge on any atom is -0.305 e. The van der Waals surface area contributed by atoms with E-state index in [-0.39, 0.29) is 16.9 Å². The van der Waals surface area contributed by atoms with E-state index in [1.165, 1.54) is 10.9 Å². The van der Waals surface area contributed by atoms with E-state index >= 15 is 0 Å². The van der Waals surface area contributed by atoms with Crippen LogP contribution in [-0.2, 0) is 6.54 Å². The zero-order valence-electron chi connectivity index (χ0n) is 9.41. The van der Waals surface area contributed by atoms with Crippen molar-refractivity contribution in [1.82, 2.24) is 5.32 Å². The summed E-state index contributed by atoms with van der Waals surface area (Å²) in [6, 6.07) is 9.22. The van der Waals surface area contributed by atoms with E-state index in [0.717, 1.165) is 5.56 Å². The lowest BCUT2D eigenvalue weighted by Crippen LogP contribution is -2.17. The molecule has 17 heavy (non-hydrogen) atoms. The van der Waals surface area contributed by atoms with Crippen LogP contribution >= 0.6 is 22.9 Å². The molecule has 1 N–H and O–H groups in total. The molecule has 1 nitrogen and oxygen atoms in total. The molecule has 2 rings (SSSR count). The lowest BCUT2D eigenvalue weighted by atomic mass is 10.2. The third kappa shape index (κ3) is 3.06. The number of hydrogen-bond acceptors (Lipinski definition) is 2. The predicted molar refractivity (Wildman–Crippen MR) is 71.0 cm³/mol. The Balaban J connectivity index is 2.00. The average Bonchev–Trinajstić information content (AvgIpc) is 2.84. The van der Waals surface area contributed by atoms with Crippen molar-refractivity contribution >= 4 is 22.9 Å². The van der Waals surface area contributed by atoms with Crippen LogP contribution in [0.5, 0.6) is 0 Å². The Bertz CT molecular complexity index is 484. The molecule has 0 aliphatic rings. The highest BCUT2D eigenvalue weighted by atomic mass is 35.5. The van der Waals surface area contributed by atoms with Gasteiger partial charge in [0.05, 0.1) is 5.02 Å². The van der Waals surface area contributed by atoms with Gasteiger partial charge >= 0.3 is 0 Å². The van der Waals surface area contributed by atoms with Crippen LogP contribution in [0, 0.1) is 5.82 Å². The summed E-state index contributed by atoms with van der Waals surface area (Å²) >= 11 is 7.59. The van der Waals surface area contributed by atoms with Gasteiger partial charge in [-0.15, -0.1) is 11.3 Å². The Morgan fingerprint density at radius 2 is 2.18 bits per heavy atom. The Morgan fingerprint density at radius 3 is 2.88 bits per heavy atom. The van der Waals surface area contributed by atoms with E-state index in [1.807, 2.05) is 17.5 Å². The molecule has 0 aliphatic heterocycles. The van der Waals surface area contributed by atoms with Crippen molar-refractivity contribution < 1.29 is 4.39 Å². The zero-order valence-corrected chi connectivity index (χ0v) is 11.0. The first kappa shape index (κ1) is 12.6. The van der Waals surface area contributed by atoms with E-state index in [9.17, 15) is 4.39 Å². The Hall–Kier alpha value is -0.900. The van der Waals surface area contributed by atoms with Gasteiger partial charge in [0.1, 0.15) is 5.82 Å². The Labute approximate surface area is 109 Å². The summed E-state index contributed by atoms with van der Waals surface area (Å²) in [4.78, 5) is 1.26. The van der Waals surface area contributed by atoms with Crippen molar-refractivity contribution in [2.75, 3.05) is 0 Å².